The molecule has 2 heterocycles. The van der Waals surface area contributed by atoms with Gasteiger partial charge in [-0.1, -0.05) is 24.3 Å². The Hall–Kier alpha value is -3.78. The third kappa shape index (κ3) is 5.07. The zero-order valence-electron chi connectivity index (χ0n) is 19.3. The first-order valence-corrected chi connectivity index (χ1v) is 12.1. The van der Waals surface area contributed by atoms with E-state index in [0.29, 0.717) is 18.7 Å². The third-order valence-electron chi connectivity index (χ3n) is 6.89. The predicted octanol–water partition coefficient (Wildman–Crippen LogP) is 4.50. The molecule has 172 valence electrons. The van der Waals surface area contributed by atoms with Gasteiger partial charge in [-0.25, -0.2) is 0 Å². The van der Waals surface area contributed by atoms with Gasteiger partial charge in [-0.05, 0) is 72.0 Å². The van der Waals surface area contributed by atoms with Gasteiger partial charge in [-0.3, -0.25) is 4.79 Å². The van der Waals surface area contributed by atoms with E-state index in [-0.39, 0.29) is 12.0 Å². The van der Waals surface area contributed by atoms with E-state index in [0.717, 1.165) is 50.1 Å². The lowest BCUT2D eigenvalue weighted by molar-refractivity contribution is -0.127. The van der Waals surface area contributed by atoms with Crippen LogP contribution in [0.25, 0.3) is 6.08 Å². The van der Waals surface area contributed by atoms with E-state index < -0.39 is 0 Å². The molecule has 0 N–H and O–H groups in total. The maximum atomic E-state index is 12.6. The topological polar surface area (TPSA) is 56.6 Å². The first-order valence-electron chi connectivity index (χ1n) is 12.1. The Balaban J connectivity index is 1.12. The maximum absolute atomic E-state index is 12.6. The van der Waals surface area contributed by atoms with Crippen LogP contribution in [0.3, 0.4) is 0 Å². The molecule has 5 nitrogen and oxygen atoms in total. The van der Waals surface area contributed by atoms with E-state index in [9.17, 15) is 4.79 Å². The van der Waals surface area contributed by atoms with Gasteiger partial charge in [0.25, 0.3) is 0 Å². The van der Waals surface area contributed by atoms with E-state index in [4.69, 9.17) is 10.00 Å². The van der Waals surface area contributed by atoms with E-state index >= 15 is 0 Å². The smallest absolute Gasteiger partial charge is 0.246 e. The lowest BCUT2D eigenvalue weighted by Gasteiger charge is -2.31. The van der Waals surface area contributed by atoms with Crippen LogP contribution in [0.2, 0.25) is 0 Å². The second kappa shape index (κ2) is 10.0. The summed E-state index contributed by atoms with van der Waals surface area (Å²) in [4.78, 5) is 16.9. The van der Waals surface area contributed by atoms with Crippen LogP contribution in [0.5, 0.6) is 5.75 Å². The zero-order chi connectivity index (χ0) is 23.3. The number of amides is 1. The predicted molar refractivity (Wildman–Crippen MR) is 133 cm³/mol. The van der Waals surface area contributed by atoms with Crippen LogP contribution in [0.1, 0.15) is 35.1 Å². The standard InChI is InChI=1S/C29H29N3O2/c30-21-23-6-4-22(5-7-23)8-11-29(33)32-18-14-27(15-19-32)34-28-10-9-24-12-16-31(26-2-1-3-26)17-13-25(24)20-28/h1-11,20,27H,12-19H2. The monoisotopic (exact) mass is 451 g/mol. The summed E-state index contributed by atoms with van der Waals surface area (Å²) >= 11 is 0. The van der Waals surface area contributed by atoms with Crippen LogP contribution in [0.4, 0.5) is 0 Å². The number of likely N-dealkylation sites (tertiary alicyclic amines) is 1. The summed E-state index contributed by atoms with van der Waals surface area (Å²) < 4.78 is 6.33. The maximum Gasteiger partial charge on any atom is 0.246 e. The van der Waals surface area contributed by atoms with E-state index in [1.807, 2.05) is 17.0 Å². The van der Waals surface area contributed by atoms with Crippen molar-refractivity contribution in [2.24, 2.45) is 0 Å². The van der Waals surface area contributed by atoms with Crippen molar-refractivity contribution in [3.05, 3.63) is 94.7 Å². The fourth-order valence-electron chi connectivity index (χ4n) is 4.75. The molecule has 1 fully saturated rings. The summed E-state index contributed by atoms with van der Waals surface area (Å²) in [5, 5.41) is 8.89. The molecule has 5 heteroatoms. The average Bonchev–Trinajstić information content (AvgIpc) is 3.05. The molecule has 2 aromatic rings. The van der Waals surface area contributed by atoms with E-state index in [1.54, 1.807) is 24.3 Å². The second-order valence-corrected chi connectivity index (χ2v) is 9.08. The number of nitriles is 1. The van der Waals surface area contributed by atoms with Gasteiger partial charge in [-0.2, -0.15) is 5.26 Å². The summed E-state index contributed by atoms with van der Waals surface area (Å²) in [6.07, 6.45) is 13.8. The molecule has 0 aromatic heterocycles. The van der Waals surface area contributed by atoms with Gasteiger partial charge in [0.05, 0.1) is 11.6 Å². The molecule has 1 amide bonds. The van der Waals surface area contributed by atoms with E-state index in [1.165, 1.54) is 16.8 Å². The number of piperidine rings is 1. The van der Waals surface area contributed by atoms with Crippen molar-refractivity contribution >= 4 is 12.0 Å². The molecule has 1 saturated heterocycles. The number of rotatable bonds is 5. The largest absolute Gasteiger partial charge is 0.490 e. The Morgan fingerprint density at radius 3 is 2.41 bits per heavy atom. The summed E-state index contributed by atoms with van der Waals surface area (Å²) in [5.41, 5.74) is 5.69. The molecule has 0 unspecified atom stereocenters. The van der Waals surface area contributed by atoms with Crippen molar-refractivity contribution in [2.75, 3.05) is 26.2 Å². The molecule has 34 heavy (non-hydrogen) atoms. The quantitative estimate of drug-likeness (QED) is 0.629. The highest BCUT2D eigenvalue weighted by Gasteiger charge is 2.23. The lowest BCUT2D eigenvalue weighted by Crippen LogP contribution is -2.41. The molecular formula is C29H29N3O2. The highest BCUT2D eigenvalue weighted by molar-refractivity contribution is 5.91. The van der Waals surface area contributed by atoms with Crippen LogP contribution in [0.15, 0.2) is 72.5 Å². The van der Waals surface area contributed by atoms with Crippen LogP contribution in [-0.2, 0) is 17.6 Å². The van der Waals surface area contributed by atoms with Gasteiger partial charge < -0.3 is 14.5 Å². The summed E-state index contributed by atoms with van der Waals surface area (Å²) in [7, 11) is 0. The van der Waals surface area contributed by atoms with Crippen molar-refractivity contribution in [3.63, 3.8) is 0 Å². The van der Waals surface area contributed by atoms with Crippen molar-refractivity contribution < 1.29 is 9.53 Å². The Bertz CT molecular complexity index is 1180. The van der Waals surface area contributed by atoms with Gasteiger partial charge >= 0.3 is 0 Å². The van der Waals surface area contributed by atoms with Gasteiger partial charge in [0, 0.05) is 50.8 Å². The highest BCUT2D eigenvalue weighted by atomic mass is 16.5. The van der Waals surface area contributed by atoms with E-state index in [2.05, 4.69) is 47.4 Å². The summed E-state index contributed by atoms with van der Waals surface area (Å²) in [6.45, 7) is 3.51. The number of carbonyl (C=O) groups is 1. The number of hydrogen-bond donors (Lipinski definition) is 0. The molecule has 2 aromatic carbocycles. The Kier molecular flexibility index (Phi) is 6.49. The number of ether oxygens (including phenoxy) is 1. The first-order chi connectivity index (χ1) is 16.7. The van der Waals surface area contributed by atoms with Gasteiger partial charge in [0.1, 0.15) is 11.9 Å². The molecule has 3 aliphatic rings. The molecule has 1 aliphatic carbocycles. The lowest BCUT2D eigenvalue weighted by atomic mass is 10.0. The number of benzene rings is 2. The number of carbonyl (C=O) groups excluding carboxylic acids is 1. The minimum absolute atomic E-state index is 0.0221. The Morgan fingerprint density at radius 2 is 1.74 bits per heavy atom. The number of fused-ring (bicyclic) bond motifs is 1. The highest BCUT2D eigenvalue weighted by Crippen LogP contribution is 2.26. The first kappa shape index (κ1) is 22.0. The van der Waals surface area contributed by atoms with Crippen LogP contribution in [-0.4, -0.2) is 48.0 Å². The molecule has 0 atom stereocenters. The third-order valence-corrected chi connectivity index (χ3v) is 6.89. The summed E-state index contributed by atoms with van der Waals surface area (Å²) in [5.74, 6) is 0.967. The van der Waals surface area contributed by atoms with Crippen LogP contribution < -0.4 is 4.74 Å². The van der Waals surface area contributed by atoms with Crippen LogP contribution in [0, 0.1) is 11.3 Å². The van der Waals surface area contributed by atoms with Crippen molar-refractivity contribution in [2.45, 2.75) is 31.8 Å². The minimum Gasteiger partial charge on any atom is -0.490 e. The number of nitrogens with zero attached hydrogens (tertiary/aromatic N) is 3. The molecular weight excluding hydrogens is 422 g/mol. The van der Waals surface area contributed by atoms with Crippen LogP contribution >= 0.6 is 0 Å². The summed E-state index contributed by atoms with van der Waals surface area (Å²) in [6, 6.07) is 15.9. The number of hydrogen-bond acceptors (Lipinski definition) is 4. The zero-order valence-corrected chi connectivity index (χ0v) is 19.3. The number of allylic oxidation sites excluding steroid dienone is 3. The Morgan fingerprint density at radius 1 is 1.00 bits per heavy atom. The molecule has 0 spiro atoms. The molecule has 0 saturated carbocycles. The second-order valence-electron chi connectivity index (χ2n) is 9.08. The van der Waals surface area contributed by atoms with Gasteiger partial charge in [0.15, 0.2) is 0 Å². The van der Waals surface area contributed by atoms with Gasteiger partial charge in [-0.15, -0.1) is 0 Å². The van der Waals surface area contributed by atoms with Crippen molar-refractivity contribution in [3.8, 4) is 11.8 Å². The molecule has 2 aliphatic heterocycles. The minimum atomic E-state index is 0.0221. The SMILES string of the molecule is N#Cc1ccc(C=CC(=O)N2CCC(Oc3ccc4c(c3)CCN(C3=CC=C3)CC4)CC2)cc1. The van der Waals surface area contributed by atoms with Crippen molar-refractivity contribution in [1.29, 1.82) is 5.26 Å². The average molecular weight is 452 g/mol. The molecule has 5 rings (SSSR count). The fourth-order valence-corrected chi connectivity index (χ4v) is 4.75. The fraction of sp³-hybridized carbons (Fsp3) is 0.310. The van der Waals surface area contributed by atoms with Crippen molar-refractivity contribution in [1.82, 2.24) is 9.80 Å². The Labute approximate surface area is 201 Å². The normalized spacial score (nSPS) is 18.0. The van der Waals surface area contributed by atoms with Gasteiger partial charge in [0.2, 0.25) is 5.91 Å². The molecule has 0 bridgehead atoms. The molecule has 0 radical (unpaired) electrons.